The summed E-state index contributed by atoms with van der Waals surface area (Å²) in [5.41, 5.74) is 1.15. The molecule has 42 valence electrons. The van der Waals surface area contributed by atoms with E-state index in [2.05, 4.69) is 4.98 Å². The van der Waals surface area contributed by atoms with Crippen molar-refractivity contribution in [2.24, 2.45) is 0 Å². The van der Waals surface area contributed by atoms with Gasteiger partial charge in [0.1, 0.15) is 0 Å². The SMILES string of the molecule is Cc1ccc([ClH+])nc1. The molecule has 0 bridgehead atoms. The third-order valence-corrected chi connectivity index (χ3v) is 1.13. The first-order valence-corrected chi connectivity index (χ1v) is 2.79. The second-order valence-electron chi connectivity index (χ2n) is 1.67. The highest BCUT2D eigenvalue weighted by atomic mass is 35.5. The lowest BCUT2D eigenvalue weighted by molar-refractivity contribution is -0.296. The van der Waals surface area contributed by atoms with Crippen LogP contribution in [-0.2, 0) is 0 Å². The van der Waals surface area contributed by atoms with Crippen LogP contribution >= 0.6 is 0 Å². The molecule has 0 atom stereocenters. The van der Waals surface area contributed by atoms with Crippen molar-refractivity contribution < 1.29 is 11.6 Å². The molecule has 0 fully saturated rings. The van der Waals surface area contributed by atoms with E-state index >= 15 is 0 Å². The highest BCUT2D eigenvalue weighted by Crippen LogP contribution is 1.96. The molecule has 1 nitrogen and oxygen atoms in total. The predicted octanol–water partition coefficient (Wildman–Crippen LogP) is 1.09. The standard InChI is InChI=1S/C6H7ClN/c1-5-2-3-6(7)8-4-5/h2-4,7H,1H3/q+1. The summed E-state index contributed by atoms with van der Waals surface area (Å²) in [7, 11) is 0. The summed E-state index contributed by atoms with van der Waals surface area (Å²) in [6.07, 6.45) is 1.77. The molecule has 0 spiro atoms. The minimum Gasteiger partial charge on any atom is -0.201 e. The second kappa shape index (κ2) is 2.14. The Morgan fingerprint density at radius 2 is 2.25 bits per heavy atom. The molecule has 0 aliphatic heterocycles. The topological polar surface area (TPSA) is 12.9 Å². The fraction of sp³-hybridized carbons (Fsp3) is 0.167. The van der Waals surface area contributed by atoms with Crippen LogP contribution < -0.4 is 0 Å². The predicted molar refractivity (Wildman–Crippen MR) is 29.5 cm³/mol. The van der Waals surface area contributed by atoms with Crippen molar-refractivity contribution >= 4 is 0 Å². The fourth-order valence-electron chi connectivity index (χ4n) is 0.454. The summed E-state index contributed by atoms with van der Waals surface area (Å²) in [5, 5.41) is 0.663. The zero-order valence-corrected chi connectivity index (χ0v) is 5.40. The molecule has 0 radical (unpaired) electrons. The van der Waals surface area contributed by atoms with Crippen LogP contribution in [0.15, 0.2) is 18.3 Å². The quantitative estimate of drug-likeness (QED) is 0.477. The molecule has 0 aliphatic carbocycles. The van der Waals surface area contributed by atoms with E-state index in [1.165, 1.54) is 0 Å². The van der Waals surface area contributed by atoms with Crippen LogP contribution in [0.3, 0.4) is 0 Å². The van der Waals surface area contributed by atoms with E-state index in [1.54, 1.807) is 6.20 Å². The third kappa shape index (κ3) is 1.20. The van der Waals surface area contributed by atoms with E-state index < -0.39 is 0 Å². The fourth-order valence-corrected chi connectivity index (χ4v) is 0.575. The van der Waals surface area contributed by atoms with Crippen molar-refractivity contribution in [2.75, 3.05) is 0 Å². The molecule has 0 aromatic carbocycles. The molecule has 0 N–H and O–H groups in total. The second-order valence-corrected chi connectivity index (χ2v) is 2.09. The van der Waals surface area contributed by atoms with Crippen molar-refractivity contribution in [1.82, 2.24) is 4.98 Å². The molecule has 1 aromatic rings. The first-order valence-electron chi connectivity index (χ1n) is 2.39. The average Bonchev–Trinajstić information content (AvgIpc) is 1.77. The normalized spacial score (nSPS) is 9.25. The van der Waals surface area contributed by atoms with Crippen molar-refractivity contribution in [3.8, 4) is 0 Å². The van der Waals surface area contributed by atoms with Gasteiger partial charge >= 0.3 is 5.15 Å². The summed E-state index contributed by atoms with van der Waals surface area (Å²) >= 11 is 4.76. The number of aromatic nitrogens is 1. The lowest BCUT2D eigenvalue weighted by atomic mass is 10.3. The number of nitrogens with zero attached hydrogens (tertiary/aromatic N) is 1. The maximum atomic E-state index is 4.76. The van der Waals surface area contributed by atoms with Gasteiger partial charge in [-0.15, -0.1) is 0 Å². The highest BCUT2D eigenvalue weighted by molar-refractivity contribution is 5.08. The summed E-state index contributed by atoms with van der Waals surface area (Å²) in [4.78, 5) is 3.89. The first kappa shape index (κ1) is 5.57. The minimum absolute atomic E-state index is 0.663. The smallest absolute Gasteiger partial charge is 0.201 e. The number of pyridine rings is 1. The van der Waals surface area contributed by atoms with Crippen LogP contribution in [0.4, 0.5) is 0 Å². The molecule has 0 saturated carbocycles. The van der Waals surface area contributed by atoms with Crippen LogP contribution in [0.2, 0.25) is 5.15 Å². The van der Waals surface area contributed by atoms with E-state index in [0.29, 0.717) is 5.15 Å². The third-order valence-electron chi connectivity index (χ3n) is 0.884. The molecule has 0 aliphatic rings. The Labute approximate surface area is 53.3 Å². The van der Waals surface area contributed by atoms with Gasteiger partial charge in [0.2, 0.25) is 0 Å². The van der Waals surface area contributed by atoms with Gasteiger partial charge < -0.3 is 0 Å². The van der Waals surface area contributed by atoms with Crippen molar-refractivity contribution in [3.05, 3.63) is 29.0 Å². The van der Waals surface area contributed by atoms with Gasteiger partial charge in [0.05, 0.1) is 0 Å². The number of rotatable bonds is 0. The Hall–Kier alpha value is -0.560. The minimum atomic E-state index is 0.663. The van der Waals surface area contributed by atoms with Crippen LogP contribution in [-0.4, -0.2) is 4.98 Å². The monoisotopic (exact) mass is 128 g/mol. The molecule has 1 heterocycles. The van der Waals surface area contributed by atoms with E-state index in [0.717, 1.165) is 5.56 Å². The molecular weight excluding hydrogens is 122 g/mol. The van der Waals surface area contributed by atoms with Crippen molar-refractivity contribution in [1.29, 1.82) is 0 Å². The van der Waals surface area contributed by atoms with Gasteiger partial charge in [0.15, 0.2) is 11.6 Å². The average molecular weight is 129 g/mol. The maximum Gasteiger partial charge on any atom is 0.318 e. The van der Waals surface area contributed by atoms with Crippen LogP contribution in [0.5, 0.6) is 0 Å². The summed E-state index contributed by atoms with van der Waals surface area (Å²) in [6.45, 7) is 1.99. The molecule has 0 amide bonds. The largest absolute Gasteiger partial charge is 0.318 e. The number of hydrogen-bond donors (Lipinski definition) is 0. The first-order chi connectivity index (χ1) is 3.79. The van der Waals surface area contributed by atoms with Gasteiger partial charge in [-0.25, -0.2) is 4.98 Å². The highest BCUT2D eigenvalue weighted by Gasteiger charge is 1.91. The Morgan fingerprint density at radius 3 is 2.62 bits per heavy atom. The number of hydrogen-bond acceptors (Lipinski definition) is 1. The lowest BCUT2D eigenvalue weighted by Crippen LogP contribution is -1.76. The van der Waals surface area contributed by atoms with Gasteiger partial charge in [-0.3, -0.25) is 0 Å². The van der Waals surface area contributed by atoms with Gasteiger partial charge in [-0.1, -0.05) is 6.07 Å². The molecular formula is C6H7ClN+. The zero-order chi connectivity index (χ0) is 5.98. The Bertz CT molecular complexity index is 147. The molecule has 0 unspecified atom stereocenters. The summed E-state index contributed by atoms with van der Waals surface area (Å²) in [6, 6.07) is 3.78. The van der Waals surface area contributed by atoms with Crippen molar-refractivity contribution in [3.63, 3.8) is 0 Å². The van der Waals surface area contributed by atoms with Gasteiger partial charge in [0.25, 0.3) is 0 Å². The maximum absolute atomic E-state index is 4.76. The number of halogens is 1. The van der Waals surface area contributed by atoms with Gasteiger partial charge in [-0.05, 0) is 12.5 Å². The Balaban J connectivity index is 3.03. The zero-order valence-electron chi connectivity index (χ0n) is 4.59. The number of aryl methyl sites for hydroxylation is 1. The van der Waals surface area contributed by atoms with Crippen LogP contribution in [0, 0.1) is 18.5 Å². The summed E-state index contributed by atoms with van der Waals surface area (Å²) in [5.74, 6) is 0. The van der Waals surface area contributed by atoms with Gasteiger partial charge in [-0.2, -0.15) is 0 Å². The van der Waals surface area contributed by atoms with Crippen LogP contribution in [0.1, 0.15) is 5.56 Å². The molecule has 0 saturated heterocycles. The van der Waals surface area contributed by atoms with Gasteiger partial charge in [0, 0.05) is 12.3 Å². The van der Waals surface area contributed by atoms with E-state index in [4.69, 9.17) is 11.6 Å². The van der Waals surface area contributed by atoms with E-state index in [9.17, 15) is 0 Å². The molecule has 8 heavy (non-hydrogen) atoms. The van der Waals surface area contributed by atoms with E-state index in [-0.39, 0.29) is 0 Å². The Kier molecular flexibility index (Phi) is 1.49. The van der Waals surface area contributed by atoms with Crippen LogP contribution in [0.25, 0.3) is 0 Å². The summed E-state index contributed by atoms with van der Waals surface area (Å²) < 4.78 is 0. The Morgan fingerprint density at radius 1 is 1.50 bits per heavy atom. The van der Waals surface area contributed by atoms with Crippen molar-refractivity contribution in [2.45, 2.75) is 6.92 Å². The molecule has 2 heteroatoms. The van der Waals surface area contributed by atoms with E-state index in [1.807, 2.05) is 19.1 Å². The lowest BCUT2D eigenvalue weighted by Gasteiger charge is -1.82. The molecule has 1 rings (SSSR count). The molecule has 1 aromatic heterocycles.